The lowest BCUT2D eigenvalue weighted by molar-refractivity contribution is -0.123. The number of fused-ring (bicyclic) bond motifs is 2. The Hall–Kier alpha value is -3.87. The van der Waals surface area contributed by atoms with Crippen LogP contribution in [0.4, 0.5) is 9.18 Å². The average molecular weight is 527 g/mol. The van der Waals surface area contributed by atoms with Crippen LogP contribution in [-0.4, -0.2) is 20.6 Å². The van der Waals surface area contributed by atoms with Crippen LogP contribution in [0.1, 0.15) is 16.7 Å². The number of imide groups is 1. The monoisotopic (exact) mass is 526 g/mol. The Bertz CT molecular complexity index is 1740. The van der Waals surface area contributed by atoms with Crippen LogP contribution in [0.3, 0.4) is 0 Å². The van der Waals surface area contributed by atoms with Crippen molar-refractivity contribution in [2.45, 2.75) is 13.1 Å². The zero-order valence-electron chi connectivity index (χ0n) is 19.5. The van der Waals surface area contributed by atoms with Gasteiger partial charge < -0.3 is 4.57 Å². The molecule has 1 aliphatic heterocycles. The van der Waals surface area contributed by atoms with E-state index >= 15 is 0 Å². The molecule has 0 unspecified atom stereocenters. The predicted octanol–water partition coefficient (Wildman–Crippen LogP) is 7.87. The van der Waals surface area contributed by atoms with Crippen LogP contribution < -0.4 is 0 Å². The van der Waals surface area contributed by atoms with Gasteiger partial charge in [-0.15, -0.1) is 0 Å². The fourth-order valence-electron chi connectivity index (χ4n) is 4.65. The summed E-state index contributed by atoms with van der Waals surface area (Å²) in [5.41, 5.74) is 3.59. The Morgan fingerprint density at radius 3 is 2.49 bits per heavy atom. The van der Waals surface area contributed by atoms with E-state index in [4.69, 9.17) is 11.6 Å². The predicted molar refractivity (Wildman–Crippen MR) is 148 cm³/mol. The molecule has 1 saturated heterocycles. The first-order chi connectivity index (χ1) is 18.0. The van der Waals surface area contributed by atoms with Crippen LogP contribution in [0.15, 0.2) is 96.0 Å². The Morgan fingerprint density at radius 2 is 1.65 bits per heavy atom. The van der Waals surface area contributed by atoms with Crippen molar-refractivity contribution < 1.29 is 14.0 Å². The second-order valence-electron chi connectivity index (χ2n) is 8.91. The smallest absolute Gasteiger partial charge is 0.293 e. The van der Waals surface area contributed by atoms with Crippen molar-refractivity contribution in [2.75, 3.05) is 0 Å². The lowest BCUT2D eigenvalue weighted by atomic mass is 10.1. The number of nitrogens with zero attached hydrogens (tertiary/aromatic N) is 2. The first kappa shape index (κ1) is 23.5. The number of hydrogen-bond acceptors (Lipinski definition) is 3. The highest BCUT2D eigenvalue weighted by atomic mass is 35.5. The zero-order valence-corrected chi connectivity index (χ0v) is 21.1. The van der Waals surface area contributed by atoms with Crippen molar-refractivity contribution in [1.29, 1.82) is 0 Å². The number of aromatic nitrogens is 1. The molecule has 6 rings (SSSR count). The molecule has 7 heteroatoms. The van der Waals surface area contributed by atoms with Crippen LogP contribution in [-0.2, 0) is 17.9 Å². The summed E-state index contributed by atoms with van der Waals surface area (Å²) < 4.78 is 15.6. The van der Waals surface area contributed by atoms with E-state index in [0.717, 1.165) is 33.1 Å². The minimum Gasteiger partial charge on any atom is -0.342 e. The second kappa shape index (κ2) is 9.54. The average Bonchev–Trinajstić information content (AvgIpc) is 3.37. The normalized spacial score (nSPS) is 15.0. The van der Waals surface area contributed by atoms with Gasteiger partial charge in [0.15, 0.2) is 0 Å². The van der Waals surface area contributed by atoms with Gasteiger partial charge in [0.25, 0.3) is 11.1 Å². The summed E-state index contributed by atoms with van der Waals surface area (Å²) in [4.78, 5) is 27.3. The maximum Gasteiger partial charge on any atom is 0.293 e. The summed E-state index contributed by atoms with van der Waals surface area (Å²) in [6.45, 7) is 0.661. The number of para-hydroxylation sites is 1. The molecule has 1 fully saturated rings. The van der Waals surface area contributed by atoms with E-state index in [2.05, 4.69) is 41.0 Å². The minimum absolute atomic E-state index is 0.00908. The van der Waals surface area contributed by atoms with E-state index in [9.17, 15) is 14.0 Å². The lowest BCUT2D eigenvalue weighted by Gasteiger charge is -2.13. The molecule has 0 aliphatic carbocycles. The number of carbonyl (C=O) groups is 2. The number of rotatable bonds is 5. The van der Waals surface area contributed by atoms with Gasteiger partial charge in [-0.25, -0.2) is 4.39 Å². The van der Waals surface area contributed by atoms with Crippen LogP contribution >= 0.6 is 23.4 Å². The number of benzene rings is 4. The quantitative estimate of drug-likeness (QED) is 0.219. The molecule has 37 heavy (non-hydrogen) atoms. The van der Waals surface area contributed by atoms with Gasteiger partial charge in [-0.1, -0.05) is 72.3 Å². The molecule has 0 N–H and O–H groups in total. The van der Waals surface area contributed by atoms with Crippen LogP contribution in [0.5, 0.6) is 0 Å². The fraction of sp³-hybridized carbons (Fsp3) is 0.0667. The molecule has 0 bridgehead atoms. The van der Waals surface area contributed by atoms with E-state index in [1.165, 1.54) is 34.5 Å². The number of halogens is 2. The zero-order chi connectivity index (χ0) is 25.5. The Labute approximate surface area is 221 Å². The van der Waals surface area contributed by atoms with Crippen LogP contribution in [0.25, 0.3) is 27.8 Å². The summed E-state index contributed by atoms with van der Waals surface area (Å²) in [5, 5.41) is 3.18. The molecule has 5 aromatic rings. The van der Waals surface area contributed by atoms with E-state index in [1.54, 1.807) is 6.08 Å². The van der Waals surface area contributed by atoms with E-state index in [0.29, 0.717) is 17.0 Å². The molecule has 0 atom stereocenters. The molecule has 0 spiro atoms. The van der Waals surface area contributed by atoms with Gasteiger partial charge in [0.2, 0.25) is 0 Å². The third kappa shape index (κ3) is 4.54. The summed E-state index contributed by atoms with van der Waals surface area (Å²) in [7, 11) is 0. The minimum atomic E-state index is -0.470. The summed E-state index contributed by atoms with van der Waals surface area (Å²) in [6, 6.07) is 26.7. The highest BCUT2D eigenvalue weighted by Gasteiger charge is 2.35. The SMILES string of the molecule is O=C1S/C(=C\c2cn(Cc3ccc4ccccc4c3)c3ccccc23)C(=O)N1Cc1ccc(F)cc1Cl. The molecule has 2 amide bonds. The fourth-order valence-corrected chi connectivity index (χ4v) is 5.71. The molecule has 0 saturated carbocycles. The van der Waals surface area contributed by atoms with Gasteiger partial charge in [0.1, 0.15) is 5.82 Å². The molecule has 1 aromatic heterocycles. The summed E-state index contributed by atoms with van der Waals surface area (Å²) in [5.74, 6) is -0.857. The van der Waals surface area contributed by atoms with Gasteiger partial charge >= 0.3 is 0 Å². The lowest BCUT2D eigenvalue weighted by Crippen LogP contribution is -2.27. The van der Waals surface area contributed by atoms with Crippen LogP contribution in [0.2, 0.25) is 5.02 Å². The molecule has 4 nitrogen and oxygen atoms in total. The van der Waals surface area contributed by atoms with Gasteiger partial charge in [-0.05, 0) is 64.0 Å². The molecule has 182 valence electrons. The first-order valence-electron chi connectivity index (χ1n) is 11.7. The molecule has 2 heterocycles. The largest absolute Gasteiger partial charge is 0.342 e. The van der Waals surface area contributed by atoms with E-state index in [-0.39, 0.29) is 22.7 Å². The highest BCUT2D eigenvalue weighted by molar-refractivity contribution is 8.18. The third-order valence-electron chi connectivity index (χ3n) is 6.49. The number of carbonyl (C=O) groups excluding carboxylic acids is 2. The molecule has 1 aliphatic rings. The Morgan fingerprint density at radius 1 is 0.865 bits per heavy atom. The molecular weight excluding hydrogens is 507 g/mol. The van der Waals surface area contributed by atoms with Crippen molar-refractivity contribution in [1.82, 2.24) is 9.47 Å². The summed E-state index contributed by atoms with van der Waals surface area (Å²) in [6.07, 6.45) is 3.79. The standard InChI is InChI=1S/C30H20ClFN2O2S/c31-26-15-24(32)12-11-22(26)18-34-29(35)28(37-30(34)36)14-23-17-33(27-8-4-3-7-25(23)27)16-19-9-10-20-5-1-2-6-21(20)13-19/h1-15,17H,16,18H2/b28-14-. The second-order valence-corrected chi connectivity index (χ2v) is 10.3. The molecule has 4 aromatic carbocycles. The van der Waals surface area contributed by atoms with Gasteiger partial charge in [-0.2, -0.15) is 0 Å². The van der Waals surface area contributed by atoms with Crippen LogP contribution in [0, 0.1) is 5.82 Å². The Balaban J connectivity index is 1.31. The van der Waals surface area contributed by atoms with Crippen molar-refractivity contribution in [3.63, 3.8) is 0 Å². The van der Waals surface area contributed by atoms with E-state index in [1.807, 2.05) is 36.5 Å². The summed E-state index contributed by atoms with van der Waals surface area (Å²) >= 11 is 7.02. The topological polar surface area (TPSA) is 42.3 Å². The maximum atomic E-state index is 13.4. The Kier molecular flexibility index (Phi) is 6.07. The van der Waals surface area contributed by atoms with Gasteiger partial charge in [0.05, 0.1) is 11.4 Å². The third-order valence-corrected chi connectivity index (χ3v) is 7.75. The van der Waals surface area contributed by atoms with Gasteiger partial charge in [-0.3, -0.25) is 14.5 Å². The van der Waals surface area contributed by atoms with Crippen molar-refractivity contribution in [3.05, 3.63) is 124 Å². The maximum absolute atomic E-state index is 13.4. The van der Waals surface area contributed by atoms with Crippen molar-refractivity contribution >= 4 is 62.3 Å². The van der Waals surface area contributed by atoms with Crippen molar-refractivity contribution in [3.8, 4) is 0 Å². The number of amides is 2. The van der Waals surface area contributed by atoms with Crippen molar-refractivity contribution in [2.24, 2.45) is 0 Å². The van der Waals surface area contributed by atoms with E-state index < -0.39 is 5.82 Å². The highest BCUT2D eigenvalue weighted by Crippen LogP contribution is 2.36. The number of thioether (sulfide) groups is 1. The first-order valence-corrected chi connectivity index (χ1v) is 12.9. The van der Waals surface area contributed by atoms with Gasteiger partial charge in [0, 0.05) is 34.2 Å². The molecular formula is C30H20ClFN2O2S. The molecule has 0 radical (unpaired) electrons. The number of hydrogen-bond donors (Lipinski definition) is 0.